The fraction of sp³-hybridized carbons (Fsp3) is 0.267. The Hall–Kier alpha value is -2.03. The number of rotatable bonds is 6. The number of nitrogens with zero attached hydrogens (tertiary/aromatic N) is 1. The lowest BCUT2D eigenvalue weighted by molar-refractivity contribution is 0.112. The summed E-state index contributed by atoms with van der Waals surface area (Å²) in [6, 6.07) is 7.41. The first kappa shape index (κ1) is 14.0. The average Bonchev–Trinajstić information content (AvgIpc) is 2.39. The first-order valence-electron chi connectivity index (χ1n) is 5.92. The van der Waals surface area contributed by atoms with Gasteiger partial charge in [0.1, 0.15) is 6.29 Å². The summed E-state index contributed by atoms with van der Waals surface area (Å²) in [5.74, 6) is 0. The van der Waals surface area contributed by atoms with E-state index in [4.69, 9.17) is 0 Å². The van der Waals surface area contributed by atoms with Gasteiger partial charge in [-0.1, -0.05) is 12.7 Å². The molecule has 3 nitrogen and oxygen atoms in total. The van der Waals surface area contributed by atoms with Crippen LogP contribution in [0.5, 0.6) is 0 Å². The molecule has 3 heteroatoms. The van der Waals surface area contributed by atoms with Crippen LogP contribution >= 0.6 is 0 Å². The van der Waals surface area contributed by atoms with Crippen molar-refractivity contribution in [3.05, 3.63) is 54.3 Å². The Labute approximate surface area is 109 Å². The van der Waals surface area contributed by atoms with Crippen molar-refractivity contribution in [3.8, 4) is 0 Å². The standard InChI is InChI=1S/C15H20N2O/c1-5-6-12(2)17(4)13(3)16-15-9-7-14(11-18)8-10-15/h5-11,13,16H,1H2,2-4H3/b12-6-. The number of hydrogen-bond donors (Lipinski definition) is 1. The quantitative estimate of drug-likeness (QED) is 0.473. The van der Waals surface area contributed by atoms with E-state index in [1.807, 2.05) is 32.2 Å². The van der Waals surface area contributed by atoms with E-state index in [0.29, 0.717) is 5.56 Å². The zero-order valence-corrected chi connectivity index (χ0v) is 11.2. The van der Waals surface area contributed by atoms with Gasteiger partial charge < -0.3 is 10.2 Å². The van der Waals surface area contributed by atoms with Gasteiger partial charge in [0, 0.05) is 24.0 Å². The first-order chi connectivity index (χ1) is 8.58. The normalized spacial score (nSPS) is 12.7. The maximum absolute atomic E-state index is 10.6. The summed E-state index contributed by atoms with van der Waals surface area (Å²) in [7, 11) is 2.02. The Morgan fingerprint density at radius 2 is 2.00 bits per heavy atom. The van der Waals surface area contributed by atoms with Gasteiger partial charge in [-0.25, -0.2) is 0 Å². The maximum atomic E-state index is 10.6. The Balaban J connectivity index is 2.68. The molecule has 1 aromatic carbocycles. The minimum atomic E-state index is 0.156. The summed E-state index contributed by atoms with van der Waals surface area (Å²) in [4.78, 5) is 12.7. The third kappa shape index (κ3) is 3.77. The van der Waals surface area contributed by atoms with Crippen molar-refractivity contribution in [2.24, 2.45) is 0 Å². The second kappa shape index (κ2) is 6.64. The van der Waals surface area contributed by atoms with Crippen LogP contribution < -0.4 is 5.32 Å². The van der Waals surface area contributed by atoms with Gasteiger partial charge in [0.2, 0.25) is 0 Å². The summed E-state index contributed by atoms with van der Waals surface area (Å²) in [5.41, 5.74) is 2.81. The van der Waals surface area contributed by atoms with Crippen molar-refractivity contribution in [2.45, 2.75) is 20.0 Å². The summed E-state index contributed by atoms with van der Waals surface area (Å²) in [5, 5.41) is 3.37. The van der Waals surface area contributed by atoms with Crippen molar-refractivity contribution in [3.63, 3.8) is 0 Å². The lowest BCUT2D eigenvalue weighted by Crippen LogP contribution is -2.34. The molecule has 1 rings (SSSR count). The minimum absolute atomic E-state index is 0.156. The summed E-state index contributed by atoms with van der Waals surface area (Å²) in [6.45, 7) is 7.80. The number of allylic oxidation sites excluding steroid dienone is 3. The number of carbonyl (C=O) groups excluding carboxylic acids is 1. The van der Waals surface area contributed by atoms with Gasteiger partial charge in [-0.3, -0.25) is 4.79 Å². The van der Waals surface area contributed by atoms with Crippen LogP contribution in [0.4, 0.5) is 5.69 Å². The van der Waals surface area contributed by atoms with Crippen molar-refractivity contribution in [2.75, 3.05) is 12.4 Å². The lowest BCUT2D eigenvalue weighted by atomic mass is 10.2. The molecule has 0 saturated heterocycles. The Kier molecular flexibility index (Phi) is 5.18. The highest BCUT2D eigenvalue weighted by Gasteiger charge is 2.08. The SMILES string of the molecule is C=C/C=C(/C)N(C)C(C)Nc1ccc(C=O)cc1. The van der Waals surface area contributed by atoms with Crippen LogP contribution in [0.3, 0.4) is 0 Å². The van der Waals surface area contributed by atoms with Crippen molar-refractivity contribution < 1.29 is 4.79 Å². The molecule has 0 radical (unpaired) electrons. The zero-order chi connectivity index (χ0) is 13.5. The molecule has 1 atom stereocenters. The van der Waals surface area contributed by atoms with E-state index in [1.165, 1.54) is 0 Å². The molecule has 1 N–H and O–H groups in total. The first-order valence-corrected chi connectivity index (χ1v) is 5.92. The molecule has 1 unspecified atom stereocenters. The van der Waals surface area contributed by atoms with Gasteiger partial charge in [0.05, 0.1) is 6.17 Å². The van der Waals surface area contributed by atoms with Gasteiger partial charge in [0.25, 0.3) is 0 Å². The fourth-order valence-corrected chi connectivity index (χ4v) is 1.59. The fourth-order valence-electron chi connectivity index (χ4n) is 1.59. The van der Waals surface area contributed by atoms with Crippen LogP contribution in [-0.2, 0) is 0 Å². The predicted molar refractivity (Wildman–Crippen MR) is 76.6 cm³/mol. The van der Waals surface area contributed by atoms with Gasteiger partial charge in [0.15, 0.2) is 0 Å². The molecule has 18 heavy (non-hydrogen) atoms. The number of benzene rings is 1. The molecule has 0 fully saturated rings. The average molecular weight is 244 g/mol. The predicted octanol–water partition coefficient (Wildman–Crippen LogP) is 3.28. The third-order valence-electron chi connectivity index (χ3n) is 2.92. The van der Waals surface area contributed by atoms with Gasteiger partial charge in [-0.2, -0.15) is 0 Å². The Morgan fingerprint density at radius 1 is 1.39 bits per heavy atom. The number of carbonyl (C=O) groups is 1. The number of hydrogen-bond acceptors (Lipinski definition) is 3. The topological polar surface area (TPSA) is 32.3 Å². The van der Waals surface area contributed by atoms with E-state index >= 15 is 0 Å². The summed E-state index contributed by atoms with van der Waals surface area (Å²) < 4.78 is 0. The smallest absolute Gasteiger partial charge is 0.150 e. The molecular weight excluding hydrogens is 224 g/mol. The van der Waals surface area contributed by atoms with Crippen LogP contribution in [0.1, 0.15) is 24.2 Å². The van der Waals surface area contributed by atoms with Gasteiger partial charge in [-0.05, 0) is 44.2 Å². The van der Waals surface area contributed by atoms with E-state index in [2.05, 4.69) is 23.7 Å². The molecule has 0 aliphatic heterocycles. The lowest BCUT2D eigenvalue weighted by Gasteiger charge is -2.29. The summed E-state index contributed by atoms with van der Waals surface area (Å²) >= 11 is 0. The van der Waals surface area contributed by atoms with Crippen molar-refractivity contribution in [1.82, 2.24) is 4.90 Å². The molecule has 0 saturated carbocycles. The van der Waals surface area contributed by atoms with Crippen LogP contribution in [-0.4, -0.2) is 24.4 Å². The highest BCUT2D eigenvalue weighted by atomic mass is 16.1. The minimum Gasteiger partial charge on any atom is -0.365 e. The van der Waals surface area contributed by atoms with Crippen molar-refractivity contribution >= 4 is 12.0 Å². The second-order valence-corrected chi connectivity index (χ2v) is 4.21. The van der Waals surface area contributed by atoms with Gasteiger partial charge >= 0.3 is 0 Å². The molecule has 0 amide bonds. The number of anilines is 1. The van der Waals surface area contributed by atoms with Crippen LogP contribution in [0.25, 0.3) is 0 Å². The number of aldehydes is 1. The highest BCUT2D eigenvalue weighted by molar-refractivity contribution is 5.75. The van der Waals surface area contributed by atoms with Gasteiger partial charge in [-0.15, -0.1) is 0 Å². The van der Waals surface area contributed by atoms with E-state index in [1.54, 1.807) is 18.2 Å². The monoisotopic (exact) mass is 244 g/mol. The third-order valence-corrected chi connectivity index (χ3v) is 2.92. The van der Waals surface area contributed by atoms with E-state index < -0.39 is 0 Å². The molecule has 96 valence electrons. The van der Waals surface area contributed by atoms with Crippen LogP contribution in [0, 0.1) is 0 Å². The largest absolute Gasteiger partial charge is 0.365 e. The molecule has 0 spiro atoms. The summed E-state index contributed by atoms with van der Waals surface area (Å²) in [6.07, 6.45) is 4.74. The Bertz CT molecular complexity index is 434. The maximum Gasteiger partial charge on any atom is 0.150 e. The number of nitrogens with one attached hydrogen (secondary N) is 1. The van der Waals surface area contributed by atoms with E-state index in [9.17, 15) is 4.79 Å². The van der Waals surface area contributed by atoms with E-state index in [-0.39, 0.29) is 6.17 Å². The molecule has 0 heterocycles. The molecule has 0 bridgehead atoms. The molecule has 0 aliphatic rings. The molecule has 1 aromatic rings. The second-order valence-electron chi connectivity index (χ2n) is 4.21. The molecule has 0 aromatic heterocycles. The van der Waals surface area contributed by atoms with Crippen LogP contribution in [0.15, 0.2) is 48.7 Å². The van der Waals surface area contributed by atoms with Crippen molar-refractivity contribution in [1.29, 1.82) is 0 Å². The van der Waals surface area contributed by atoms with Crippen LogP contribution in [0.2, 0.25) is 0 Å². The molecular formula is C15H20N2O. The Morgan fingerprint density at radius 3 is 2.50 bits per heavy atom. The van der Waals surface area contributed by atoms with E-state index in [0.717, 1.165) is 17.7 Å². The zero-order valence-electron chi connectivity index (χ0n) is 11.2. The molecule has 0 aliphatic carbocycles. The highest BCUT2D eigenvalue weighted by Crippen LogP contribution is 2.13.